The number of benzene rings is 2. The number of non-ortho nitro benzene ring substituents is 1. The van der Waals surface area contributed by atoms with Crippen molar-refractivity contribution < 1.29 is 14.5 Å². The van der Waals surface area contributed by atoms with Gasteiger partial charge in [-0.05, 0) is 32.0 Å². The van der Waals surface area contributed by atoms with Crippen LogP contribution in [0.25, 0.3) is 10.8 Å². The number of likely N-dealkylation sites (N-methyl/N-ethyl adjacent to an activating group) is 1. The molecule has 1 unspecified atom stereocenters. The Morgan fingerprint density at radius 2 is 2.12 bits per heavy atom. The third kappa shape index (κ3) is 3.35. The SMILES string of the molecule is CCN1CCCC1CNC(=O)c1cc([N+](=O)[O-])c2ccccc2c1OC. The zero-order chi connectivity index (χ0) is 18.7. The fraction of sp³-hybridized carbons (Fsp3) is 0.421. The number of amides is 1. The Balaban J connectivity index is 1.93. The Bertz CT molecular complexity index is 837. The van der Waals surface area contributed by atoms with Crippen molar-refractivity contribution in [2.75, 3.05) is 26.7 Å². The first-order valence-electron chi connectivity index (χ1n) is 8.83. The number of hydrogen-bond donors (Lipinski definition) is 1. The molecule has 7 heteroatoms. The summed E-state index contributed by atoms with van der Waals surface area (Å²) >= 11 is 0. The Morgan fingerprint density at radius 1 is 1.38 bits per heavy atom. The average Bonchev–Trinajstić information content (AvgIpc) is 3.12. The molecule has 1 amide bonds. The molecule has 0 spiro atoms. The summed E-state index contributed by atoms with van der Waals surface area (Å²) in [4.78, 5) is 26.1. The number of nitro groups is 1. The number of hydrogen-bond acceptors (Lipinski definition) is 5. The largest absolute Gasteiger partial charge is 0.495 e. The second-order valence-corrected chi connectivity index (χ2v) is 6.41. The lowest BCUT2D eigenvalue weighted by Gasteiger charge is -2.23. The standard InChI is InChI=1S/C19H23N3O4/c1-3-21-10-6-7-13(21)12-20-19(23)16-11-17(22(24)25)14-8-4-5-9-15(14)18(16)26-2/h4-5,8-9,11,13H,3,6-7,10,12H2,1-2H3,(H,20,23). The van der Waals surface area contributed by atoms with E-state index in [0.717, 1.165) is 25.9 Å². The molecule has 2 aromatic rings. The molecule has 7 nitrogen and oxygen atoms in total. The molecule has 0 radical (unpaired) electrons. The van der Waals surface area contributed by atoms with Crippen molar-refractivity contribution in [2.45, 2.75) is 25.8 Å². The van der Waals surface area contributed by atoms with E-state index in [1.54, 1.807) is 24.3 Å². The maximum Gasteiger partial charge on any atom is 0.278 e. The Kier molecular flexibility index (Phi) is 5.37. The summed E-state index contributed by atoms with van der Waals surface area (Å²) in [6.45, 7) is 4.62. The monoisotopic (exact) mass is 357 g/mol. The van der Waals surface area contributed by atoms with Crippen molar-refractivity contribution in [3.05, 3.63) is 46.0 Å². The molecule has 138 valence electrons. The van der Waals surface area contributed by atoms with E-state index in [1.165, 1.54) is 13.2 Å². The number of carbonyl (C=O) groups excluding carboxylic acids is 1. The molecular weight excluding hydrogens is 334 g/mol. The first-order chi connectivity index (χ1) is 12.6. The van der Waals surface area contributed by atoms with Gasteiger partial charge in [0, 0.05) is 24.0 Å². The summed E-state index contributed by atoms with van der Waals surface area (Å²) in [5.74, 6) is 0.0149. The van der Waals surface area contributed by atoms with E-state index < -0.39 is 4.92 Å². The van der Waals surface area contributed by atoms with E-state index in [9.17, 15) is 14.9 Å². The van der Waals surface area contributed by atoms with Crippen LogP contribution in [0.4, 0.5) is 5.69 Å². The lowest BCUT2D eigenvalue weighted by molar-refractivity contribution is -0.383. The van der Waals surface area contributed by atoms with Gasteiger partial charge in [-0.1, -0.05) is 25.1 Å². The van der Waals surface area contributed by atoms with E-state index in [-0.39, 0.29) is 17.2 Å². The first kappa shape index (κ1) is 18.1. The van der Waals surface area contributed by atoms with E-state index in [2.05, 4.69) is 17.1 Å². The number of nitrogens with zero attached hydrogens (tertiary/aromatic N) is 2. The molecule has 1 aliphatic rings. The molecule has 1 fully saturated rings. The highest BCUT2D eigenvalue weighted by molar-refractivity contribution is 6.07. The van der Waals surface area contributed by atoms with E-state index in [1.807, 2.05) is 0 Å². The topological polar surface area (TPSA) is 84.7 Å². The van der Waals surface area contributed by atoms with Crippen molar-refractivity contribution in [3.63, 3.8) is 0 Å². The molecule has 0 bridgehead atoms. The van der Waals surface area contributed by atoms with Crippen LogP contribution < -0.4 is 10.1 Å². The summed E-state index contributed by atoms with van der Waals surface area (Å²) in [5, 5.41) is 15.4. The molecule has 3 rings (SSSR count). The average molecular weight is 357 g/mol. The van der Waals surface area contributed by atoms with Crippen molar-refractivity contribution in [1.29, 1.82) is 0 Å². The first-order valence-corrected chi connectivity index (χ1v) is 8.83. The summed E-state index contributed by atoms with van der Waals surface area (Å²) in [6.07, 6.45) is 2.17. The predicted molar refractivity (Wildman–Crippen MR) is 99.8 cm³/mol. The van der Waals surface area contributed by atoms with Gasteiger partial charge in [0.15, 0.2) is 0 Å². The minimum absolute atomic E-state index is 0.0948. The maximum absolute atomic E-state index is 12.8. The van der Waals surface area contributed by atoms with Crippen LogP contribution in [0.5, 0.6) is 5.75 Å². The van der Waals surface area contributed by atoms with Crippen molar-refractivity contribution >= 4 is 22.4 Å². The highest BCUT2D eigenvalue weighted by Crippen LogP contribution is 2.36. The summed E-state index contributed by atoms with van der Waals surface area (Å²) < 4.78 is 5.43. The van der Waals surface area contributed by atoms with E-state index in [4.69, 9.17) is 4.74 Å². The molecule has 1 heterocycles. The van der Waals surface area contributed by atoms with Crippen molar-refractivity contribution in [3.8, 4) is 5.75 Å². The molecule has 1 aliphatic heterocycles. The third-order valence-electron chi connectivity index (χ3n) is 5.02. The number of nitro benzene ring substituents is 1. The van der Waals surface area contributed by atoms with Gasteiger partial charge in [-0.2, -0.15) is 0 Å². The lowest BCUT2D eigenvalue weighted by Crippen LogP contribution is -2.40. The Labute approximate surface area is 152 Å². The molecule has 2 aromatic carbocycles. The number of ether oxygens (including phenoxy) is 1. The number of methoxy groups -OCH3 is 1. The quantitative estimate of drug-likeness (QED) is 0.635. The predicted octanol–water partition coefficient (Wildman–Crippen LogP) is 2.97. The molecule has 1 atom stereocenters. The number of nitrogens with one attached hydrogen (secondary N) is 1. The van der Waals surface area contributed by atoms with Gasteiger partial charge < -0.3 is 10.1 Å². The summed E-state index contributed by atoms with van der Waals surface area (Å²) in [7, 11) is 1.47. The summed E-state index contributed by atoms with van der Waals surface area (Å²) in [6, 6.07) is 8.51. The fourth-order valence-electron chi connectivity index (χ4n) is 3.72. The smallest absolute Gasteiger partial charge is 0.278 e. The van der Waals surface area contributed by atoms with Gasteiger partial charge in [0.25, 0.3) is 11.6 Å². The number of carbonyl (C=O) groups is 1. The van der Waals surface area contributed by atoms with Gasteiger partial charge in [0.2, 0.25) is 0 Å². The zero-order valence-electron chi connectivity index (χ0n) is 15.0. The van der Waals surface area contributed by atoms with Crippen LogP contribution in [0.1, 0.15) is 30.1 Å². The molecule has 1 N–H and O–H groups in total. The normalized spacial score (nSPS) is 17.4. The number of fused-ring (bicyclic) bond motifs is 1. The van der Waals surface area contributed by atoms with Crippen LogP contribution in [0.2, 0.25) is 0 Å². The van der Waals surface area contributed by atoms with Gasteiger partial charge in [0.05, 0.1) is 23.0 Å². The Hall–Kier alpha value is -2.67. The third-order valence-corrected chi connectivity index (χ3v) is 5.02. The number of likely N-dealkylation sites (tertiary alicyclic amines) is 1. The van der Waals surface area contributed by atoms with Crippen LogP contribution in [-0.2, 0) is 0 Å². The van der Waals surface area contributed by atoms with Crippen molar-refractivity contribution in [2.24, 2.45) is 0 Å². The molecule has 26 heavy (non-hydrogen) atoms. The van der Waals surface area contributed by atoms with Gasteiger partial charge in [-0.15, -0.1) is 0 Å². The highest BCUT2D eigenvalue weighted by Gasteiger charge is 2.26. The minimum Gasteiger partial charge on any atom is -0.495 e. The maximum atomic E-state index is 12.8. The minimum atomic E-state index is -0.464. The van der Waals surface area contributed by atoms with Crippen LogP contribution in [0.3, 0.4) is 0 Å². The Morgan fingerprint density at radius 3 is 2.77 bits per heavy atom. The van der Waals surface area contributed by atoms with Crippen LogP contribution in [0, 0.1) is 10.1 Å². The molecule has 0 aliphatic carbocycles. The zero-order valence-corrected chi connectivity index (χ0v) is 15.0. The van der Waals surface area contributed by atoms with Crippen molar-refractivity contribution in [1.82, 2.24) is 10.2 Å². The van der Waals surface area contributed by atoms with Gasteiger partial charge in [0.1, 0.15) is 5.75 Å². The van der Waals surface area contributed by atoms with Gasteiger partial charge >= 0.3 is 0 Å². The molecule has 1 saturated heterocycles. The van der Waals surface area contributed by atoms with Crippen LogP contribution in [0.15, 0.2) is 30.3 Å². The second kappa shape index (κ2) is 7.70. The fourth-order valence-corrected chi connectivity index (χ4v) is 3.72. The molecule has 0 saturated carbocycles. The van der Waals surface area contributed by atoms with Gasteiger partial charge in [-0.25, -0.2) is 0 Å². The molecule has 0 aromatic heterocycles. The van der Waals surface area contributed by atoms with Gasteiger partial charge in [-0.3, -0.25) is 19.8 Å². The number of rotatable bonds is 6. The van der Waals surface area contributed by atoms with E-state index in [0.29, 0.717) is 29.1 Å². The molecular formula is C19H23N3O4. The van der Waals surface area contributed by atoms with Crippen LogP contribution in [-0.4, -0.2) is 48.5 Å². The highest BCUT2D eigenvalue weighted by atomic mass is 16.6. The summed E-state index contributed by atoms with van der Waals surface area (Å²) in [5.41, 5.74) is 0.0987. The second-order valence-electron chi connectivity index (χ2n) is 6.41. The van der Waals surface area contributed by atoms with E-state index >= 15 is 0 Å². The van der Waals surface area contributed by atoms with Crippen LogP contribution >= 0.6 is 0 Å². The lowest BCUT2D eigenvalue weighted by atomic mass is 10.0.